The van der Waals surface area contributed by atoms with Gasteiger partial charge in [-0.3, -0.25) is 0 Å². The highest BCUT2D eigenvalue weighted by Gasteiger charge is 2.13. The smallest absolute Gasteiger partial charge is 0.126 e. The summed E-state index contributed by atoms with van der Waals surface area (Å²) in [6, 6.07) is 29.4. The third-order valence-electron chi connectivity index (χ3n) is 8.14. The number of hydrogen-bond acceptors (Lipinski definition) is 2. The Morgan fingerprint density at radius 3 is 1.17 bits per heavy atom. The first kappa shape index (κ1) is 30.4. The van der Waals surface area contributed by atoms with Gasteiger partial charge in [0.1, 0.15) is 11.5 Å². The van der Waals surface area contributed by atoms with Crippen molar-refractivity contribution in [3.05, 3.63) is 107 Å². The number of rotatable bonds is 16. The molecule has 4 aromatic rings. The SMILES string of the molecule is CCCc1cc(CCCCCCCCCc2cc(CCC)c(O)c(-c3ccccc3)c2)cc(-c2ccccc2)c1O. The molecule has 2 nitrogen and oxygen atoms in total. The molecule has 0 aliphatic carbocycles. The van der Waals surface area contributed by atoms with Gasteiger partial charge < -0.3 is 10.2 Å². The maximum Gasteiger partial charge on any atom is 0.126 e. The molecular weight excluding hydrogens is 500 g/mol. The van der Waals surface area contributed by atoms with Gasteiger partial charge in [0.05, 0.1) is 0 Å². The van der Waals surface area contributed by atoms with Crippen molar-refractivity contribution in [3.8, 4) is 33.8 Å². The highest BCUT2D eigenvalue weighted by molar-refractivity contribution is 5.73. The molecule has 0 aromatic heterocycles. The molecule has 4 rings (SSSR count). The van der Waals surface area contributed by atoms with Gasteiger partial charge in [-0.2, -0.15) is 0 Å². The minimum atomic E-state index is 0.451. The molecule has 0 heterocycles. The van der Waals surface area contributed by atoms with Crippen LogP contribution in [-0.4, -0.2) is 10.2 Å². The zero-order valence-electron chi connectivity index (χ0n) is 25.2. The van der Waals surface area contributed by atoms with Crippen LogP contribution in [0, 0.1) is 0 Å². The van der Waals surface area contributed by atoms with E-state index in [4.69, 9.17) is 0 Å². The second-order valence-electron chi connectivity index (χ2n) is 11.5. The molecular formula is C39H48O2. The monoisotopic (exact) mass is 548 g/mol. The van der Waals surface area contributed by atoms with Gasteiger partial charge in [0, 0.05) is 11.1 Å². The number of phenols is 2. The van der Waals surface area contributed by atoms with Crippen LogP contribution in [0.1, 0.15) is 93.9 Å². The number of aromatic hydroxyl groups is 2. The van der Waals surface area contributed by atoms with Crippen molar-refractivity contribution in [3.63, 3.8) is 0 Å². The second-order valence-corrected chi connectivity index (χ2v) is 11.5. The molecule has 216 valence electrons. The predicted molar refractivity (Wildman–Crippen MR) is 175 cm³/mol. The van der Waals surface area contributed by atoms with E-state index in [2.05, 4.69) is 62.4 Å². The van der Waals surface area contributed by atoms with Gasteiger partial charge in [-0.1, -0.05) is 132 Å². The lowest BCUT2D eigenvalue weighted by molar-refractivity contribution is 0.469. The van der Waals surface area contributed by atoms with Crippen molar-refractivity contribution < 1.29 is 10.2 Å². The zero-order chi connectivity index (χ0) is 28.9. The van der Waals surface area contributed by atoms with Gasteiger partial charge in [-0.25, -0.2) is 0 Å². The van der Waals surface area contributed by atoms with Crippen molar-refractivity contribution in [2.45, 2.75) is 97.3 Å². The summed E-state index contributed by atoms with van der Waals surface area (Å²) in [5.74, 6) is 0.902. The molecule has 0 aliphatic heterocycles. The van der Waals surface area contributed by atoms with Gasteiger partial charge in [-0.05, 0) is 84.0 Å². The summed E-state index contributed by atoms with van der Waals surface area (Å²) in [5.41, 5.74) is 8.97. The lowest BCUT2D eigenvalue weighted by Gasteiger charge is -2.14. The highest BCUT2D eigenvalue weighted by atomic mass is 16.3. The van der Waals surface area contributed by atoms with Crippen molar-refractivity contribution in [2.24, 2.45) is 0 Å². The van der Waals surface area contributed by atoms with E-state index in [1.165, 1.54) is 56.1 Å². The quantitative estimate of drug-likeness (QED) is 0.137. The molecule has 0 fully saturated rings. The highest BCUT2D eigenvalue weighted by Crippen LogP contribution is 2.36. The van der Waals surface area contributed by atoms with E-state index in [0.717, 1.165) is 71.9 Å². The van der Waals surface area contributed by atoms with E-state index < -0.39 is 0 Å². The fourth-order valence-electron chi connectivity index (χ4n) is 5.95. The van der Waals surface area contributed by atoms with Crippen LogP contribution < -0.4 is 0 Å². The third-order valence-corrected chi connectivity index (χ3v) is 8.14. The predicted octanol–water partition coefficient (Wildman–Crippen LogP) is 10.9. The van der Waals surface area contributed by atoms with Gasteiger partial charge >= 0.3 is 0 Å². The number of hydrogen-bond donors (Lipinski definition) is 2. The van der Waals surface area contributed by atoms with E-state index in [9.17, 15) is 10.2 Å². The fraction of sp³-hybridized carbons (Fsp3) is 0.385. The number of phenolic OH excluding ortho intramolecular Hbond substituents is 2. The van der Waals surface area contributed by atoms with Crippen LogP contribution in [-0.2, 0) is 25.7 Å². The van der Waals surface area contributed by atoms with Crippen LogP contribution in [0.15, 0.2) is 84.9 Å². The maximum atomic E-state index is 10.9. The van der Waals surface area contributed by atoms with Crippen LogP contribution in [0.3, 0.4) is 0 Å². The third kappa shape index (κ3) is 8.73. The number of benzene rings is 4. The Kier molecular flexibility index (Phi) is 11.9. The second kappa shape index (κ2) is 16.1. The minimum absolute atomic E-state index is 0.451. The Morgan fingerprint density at radius 1 is 0.439 bits per heavy atom. The maximum absolute atomic E-state index is 10.9. The topological polar surface area (TPSA) is 40.5 Å². The summed E-state index contributed by atoms with van der Waals surface area (Å²) in [6.07, 6.45) is 14.8. The normalized spacial score (nSPS) is 11.2. The molecule has 0 amide bonds. The average Bonchev–Trinajstić information content (AvgIpc) is 3.00. The van der Waals surface area contributed by atoms with Crippen molar-refractivity contribution in [2.75, 3.05) is 0 Å². The summed E-state index contributed by atoms with van der Waals surface area (Å²) in [6.45, 7) is 4.34. The summed E-state index contributed by atoms with van der Waals surface area (Å²) < 4.78 is 0. The molecule has 0 aliphatic rings. The lowest BCUT2D eigenvalue weighted by Crippen LogP contribution is -1.95. The van der Waals surface area contributed by atoms with Crippen molar-refractivity contribution in [1.29, 1.82) is 0 Å². The van der Waals surface area contributed by atoms with E-state index in [-0.39, 0.29) is 0 Å². The summed E-state index contributed by atoms with van der Waals surface area (Å²) >= 11 is 0. The Hall–Kier alpha value is -3.52. The average molecular weight is 549 g/mol. The number of aryl methyl sites for hydroxylation is 4. The molecule has 0 spiro atoms. The largest absolute Gasteiger partial charge is 0.507 e. The van der Waals surface area contributed by atoms with Crippen LogP contribution in [0.4, 0.5) is 0 Å². The van der Waals surface area contributed by atoms with Crippen molar-refractivity contribution >= 4 is 0 Å². The molecule has 4 aromatic carbocycles. The van der Waals surface area contributed by atoms with Crippen LogP contribution in [0.5, 0.6) is 11.5 Å². The summed E-state index contributed by atoms with van der Waals surface area (Å²) in [7, 11) is 0. The lowest BCUT2D eigenvalue weighted by atomic mass is 9.93. The van der Waals surface area contributed by atoms with Crippen LogP contribution in [0.25, 0.3) is 22.3 Å². The first-order valence-electron chi connectivity index (χ1n) is 15.9. The van der Waals surface area contributed by atoms with Gasteiger partial charge in [0.25, 0.3) is 0 Å². The standard InChI is InChI=1S/C39H48O2/c1-3-18-34-26-30(28-36(38(34)40)32-22-14-10-15-23-32)20-12-8-6-5-7-9-13-21-31-27-35(19-4-2)39(41)37(29-31)33-24-16-11-17-25-33/h10-11,14-17,22-29,40-41H,3-9,12-13,18-21H2,1-2H3. The van der Waals surface area contributed by atoms with Crippen LogP contribution >= 0.6 is 0 Å². The first-order valence-corrected chi connectivity index (χ1v) is 15.9. The molecule has 41 heavy (non-hydrogen) atoms. The molecule has 0 saturated heterocycles. The Morgan fingerprint density at radius 2 is 0.805 bits per heavy atom. The van der Waals surface area contributed by atoms with Crippen LogP contribution in [0.2, 0.25) is 0 Å². The molecule has 0 bridgehead atoms. The summed E-state index contributed by atoms with van der Waals surface area (Å²) in [4.78, 5) is 0. The van der Waals surface area contributed by atoms with E-state index in [1.807, 2.05) is 36.4 Å². The molecule has 0 saturated carbocycles. The fourth-order valence-corrected chi connectivity index (χ4v) is 5.95. The van der Waals surface area contributed by atoms with E-state index >= 15 is 0 Å². The molecule has 2 heteroatoms. The molecule has 0 unspecified atom stereocenters. The van der Waals surface area contributed by atoms with Gasteiger partial charge in [0.2, 0.25) is 0 Å². The zero-order valence-corrected chi connectivity index (χ0v) is 25.2. The molecule has 2 N–H and O–H groups in total. The van der Waals surface area contributed by atoms with Gasteiger partial charge in [-0.15, -0.1) is 0 Å². The number of unbranched alkanes of at least 4 members (excludes halogenated alkanes) is 6. The van der Waals surface area contributed by atoms with E-state index in [1.54, 1.807) is 0 Å². The minimum Gasteiger partial charge on any atom is -0.507 e. The Bertz CT molecular complexity index is 1240. The molecule has 0 atom stereocenters. The van der Waals surface area contributed by atoms with Gasteiger partial charge in [0.15, 0.2) is 0 Å². The molecule has 0 radical (unpaired) electrons. The van der Waals surface area contributed by atoms with E-state index in [0.29, 0.717) is 11.5 Å². The Labute approximate surface area is 248 Å². The first-order chi connectivity index (χ1) is 20.1. The summed E-state index contributed by atoms with van der Waals surface area (Å²) in [5, 5.41) is 21.8. The Balaban J connectivity index is 1.22. The van der Waals surface area contributed by atoms with Crippen molar-refractivity contribution in [1.82, 2.24) is 0 Å².